The first-order chi connectivity index (χ1) is 13.4. The average Bonchev–Trinajstić information content (AvgIpc) is 2.68. The minimum Gasteiger partial charge on any atom is -0.484 e. The summed E-state index contributed by atoms with van der Waals surface area (Å²) in [5.41, 5.74) is 0.959. The van der Waals surface area contributed by atoms with Crippen molar-refractivity contribution >= 4 is 27.5 Å². The molecule has 0 spiro atoms. The van der Waals surface area contributed by atoms with Crippen molar-refractivity contribution in [2.45, 2.75) is 25.2 Å². The van der Waals surface area contributed by atoms with Crippen LogP contribution in [0.5, 0.6) is 5.75 Å². The summed E-state index contributed by atoms with van der Waals surface area (Å²) < 4.78 is 32.6. The Labute approximate surface area is 171 Å². The van der Waals surface area contributed by atoms with Crippen LogP contribution in [0.4, 0.5) is 0 Å². The van der Waals surface area contributed by atoms with E-state index in [0.717, 1.165) is 5.56 Å². The maximum Gasteiger partial charge on any atom is 0.260 e. The van der Waals surface area contributed by atoms with Crippen LogP contribution in [0.2, 0.25) is 5.02 Å². The molecule has 0 radical (unpaired) electrons. The number of hydrogen-bond donors (Lipinski definition) is 1. The molecule has 0 saturated heterocycles. The van der Waals surface area contributed by atoms with Gasteiger partial charge in [-0.2, -0.15) is 0 Å². The number of ether oxygens (including phenoxy) is 1. The van der Waals surface area contributed by atoms with Gasteiger partial charge in [0, 0.05) is 24.7 Å². The summed E-state index contributed by atoms with van der Waals surface area (Å²) >= 11 is 5.78. The fourth-order valence-corrected chi connectivity index (χ4v) is 3.75. The maximum absolute atomic E-state index is 12.2. The molecule has 2 rings (SSSR count). The van der Waals surface area contributed by atoms with Gasteiger partial charge in [-0.25, -0.2) is 13.1 Å². The highest BCUT2D eigenvalue weighted by Crippen LogP contribution is 2.15. The average molecular weight is 425 g/mol. The number of amides is 1. The Morgan fingerprint density at radius 2 is 1.64 bits per heavy atom. The van der Waals surface area contributed by atoms with E-state index in [-0.39, 0.29) is 24.0 Å². The van der Waals surface area contributed by atoms with Gasteiger partial charge in [-0.1, -0.05) is 23.7 Å². The second-order valence-corrected chi connectivity index (χ2v) is 8.30. The highest BCUT2D eigenvalue weighted by Gasteiger charge is 2.13. The van der Waals surface area contributed by atoms with Crippen molar-refractivity contribution in [1.29, 1.82) is 0 Å². The fourth-order valence-electron chi connectivity index (χ4n) is 2.59. The third-order valence-corrected chi connectivity index (χ3v) is 5.96. The third kappa shape index (κ3) is 6.51. The van der Waals surface area contributed by atoms with Crippen molar-refractivity contribution < 1.29 is 17.9 Å². The lowest BCUT2D eigenvalue weighted by Crippen LogP contribution is -2.34. The molecular formula is C20H25ClN2O4S. The number of likely N-dealkylation sites (N-methyl/N-ethyl adjacent to an activating group) is 1. The van der Waals surface area contributed by atoms with E-state index in [1.165, 1.54) is 12.1 Å². The quantitative estimate of drug-likeness (QED) is 0.635. The Balaban J connectivity index is 1.82. The SMILES string of the molecule is CCN(CC)C(=O)COc1ccc(CCNS(=O)(=O)c2ccc(Cl)cc2)cc1. The van der Waals surface area contributed by atoms with Crippen LogP contribution in [0.25, 0.3) is 0 Å². The molecule has 0 aliphatic carbocycles. The molecular weight excluding hydrogens is 400 g/mol. The van der Waals surface area contributed by atoms with Crippen molar-refractivity contribution in [3.63, 3.8) is 0 Å². The highest BCUT2D eigenvalue weighted by molar-refractivity contribution is 7.89. The molecule has 0 heterocycles. The molecule has 0 aliphatic rings. The Bertz CT molecular complexity index is 864. The first-order valence-corrected chi connectivity index (χ1v) is 11.0. The van der Waals surface area contributed by atoms with E-state index in [0.29, 0.717) is 30.3 Å². The number of sulfonamides is 1. The van der Waals surface area contributed by atoms with Crippen LogP contribution >= 0.6 is 11.6 Å². The molecule has 2 aromatic rings. The fraction of sp³-hybridized carbons (Fsp3) is 0.350. The van der Waals surface area contributed by atoms with Gasteiger partial charge in [0.15, 0.2) is 6.61 Å². The van der Waals surface area contributed by atoms with Crippen molar-refractivity contribution in [3.8, 4) is 5.75 Å². The molecule has 0 bridgehead atoms. The number of benzene rings is 2. The minimum absolute atomic E-state index is 0.00190. The van der Waals surface area contributed by atoms with E-state index in [9.17, 15) is 13.2 Å². The predicted octanol–water partition coefficient (Wildman–Crippen LogP) is 3.11. The van der Waals surface area contributed by atoms with Gasteiger partial charge >= 0.3 is 0 Å². The van der Waals surface area contributed by atoms with E-state index in [4.69, 9.17) is 16.3 Å². The molecule has 6 nitrogen and oxygen atoms in total. The zero-order valence-electron chi connectivity index (χ0n) is 16.0. The zero-order valence-corrected chi connectivity index (χ0v) is 17.6. The van der Waals surface area contributed by atoms with Crippen LogP contribution in [0.1, 0.15) is 19.4 Å². The normalized spacial score (nSPS) is 11.2. The van der Waals surface area contributed by atoms with Gasteiger partial charge in [-0.15, -0.1) is 0 Å². The number of carbonyl (C=O) groups excluding carboxylic acids is 1. The smallest absolute Gasteiger partial charge is 0.260 e. The van der Waals surface area contributed by atoms with Crippen LogP contribution in [-0.2, 0) is 21.2 Å². The first kappa shape index (κ1) is 22.2. The Morgan fingerprint density at radius 1 is 1.04 bits per heavy atom. The topological polar surface area (TPSA) is 75.7 Å². The molecule has 28 heavy (non-hydrogen) atoms. The van der Waals surface area contributed by atoms with E-state index in [2.05, 4.69) is 4.72 Å². The second kappa shape index (κ2) is 10.5. The lowest BCUT2D eigenvalue weighted by Gasteiger charge is -2.18. The van der Waals surface area contributed by atoms with Crippen LogP contribution in [0.3, 0.4) is 0 Å². The standard InChI is InChI=1S/C20H25ClN2O4S/c1-3-23(4-2)20(24)15-27-18-9-5-16(6-10-18)13-14-22-28(25,26)19-11-7-17(21)8-12-19/h5-12,22H,3-4,13-15H2,1-2H3. The van der Waals surface area contributed by atoms with E-state index in [1.807, 2.05) is 26.0 Å². The Kier molecular flexibility index (Phi) is 8.29. The van der Waals surface area contributed by atoms with E-state index in [1.54, 1.807) is 29.2 Å². The van der Waals surface area contributed by atoms with Gasteiger partial charge in [0.05, 0.1) is 4.90 Å². The van der Waals surface area contributed by atoms with Gasteiger partial charge < -0.3 is 9.64 Å². The van der Waals surface area contributed by atoms with Crippen molar-refractivity contribution in [2.75, 3.05) is 26.2 Å². The molecule has 0 unspecified atom stereocenters. The summed E-state index contributed by atoms with van der Waals surface area (Å²) in [5, 5.41) is 0.486. The first-order valence-electron chi connectivity index (χ1n) is 9.10. The summed E-state index contributed by atoms with van der Waals surface area (Å²) in [6, 6.07) is 13.3. The Hall–Kier alpha value is -2.09. The summed E-state index contributed by atoms with van der Waals surface area (Å²) in [7, 11) is -3.56. The molecule has 0 aliphatic heterocycles. The van der Waals surface area contributed by atoms with Crippen LogP contribution < -0.4 is 9.46 Å². The molecule has 0 atom stereocenters. The minimum atomic E-state index is -3.56. The molecule has 2 aromatic carbocycles. The summed E-state index contributed by atoms with van der Waals surface area (Å²) in [6.45, 7) is 5.44. The summed E-state index contributed by atoms with van der Waals surface area (Å²) in [6.07, 6.45) is 0.533. The van der Waals surface area contributed by atoms with Gasteiger partial charge in [0.25, 0.3) is 5.91 Å². The number of nitrogens with zero attached hydrogens (tertiary/aromatic N) is 1. The van der Waals surface area contributed by atoms with Crippen LogP contribution in [0.15, 0.2) is 53.4 Å². The van der Waals surface area contributed by atoms with Crippen LogP contribution in [-0.4, -0.2) is 45.5 Å². The molecule has 0 saturated carbocycles. The highest BCUT2D eigenvalue weighted by atomic mass is 35.5. The predicted molar refractivity (Wildman–Crippen MR) is 110 cm³/mol. The molecule has 152 valence electrons. The van der Waals surface area contributed by atoms with Gasteiger partial charge in [-0.3, -0.25) is 4.79 Å². The number of halogens is 1. The number of nitrogens with one attached hydrogen (secondary N) is 1. The molecule has 1 N–H and O–H groups in total. The number of hydrogen-bond acceptors (Lipinski definition) is 4. The molecule has 1 amide bonds. The van der Waals surface area contributed by atoms with Gasteiger partial charge in [0.2, 0.25) is 10.0 Å². The molecule has 0 fully saturated rings. The Morgan fingerprint density at radius 3 is 2.21 bits per heavy atom. The van der Waals surface area contributed by atoms with E-state index < -0.39 is 10.0 Å². The lowest BCUT2D eigenvalue weighted by molar-refractivity contribution is -0.132. The lowest BCUT2D eigenvalue weighted by atomic mass is 10.1. The monoisotopic (exact) mass is 424 g/mol. The second-order valence-electron chi connectivity index (χ2n) is 6.10. The summed E-state index contributed by atoms with van der Waals surface area (Å²) in [4.78, 5) is 13.8. The summed E-state index contributed by atoms with van der Waals surface area (Å²) in [5.74, 6) is 0.552. The van der Waals surface area contributed by atoms with Crippen molar-refractivity contribution in [1.82, 2.24) is 9.62 Å². The third-order valence-electron chi connectivity index (χ3n) is 4.23. The largest absolute Gasteiger partial charge is 0.484 e. The van der Waals surface area contributed by atoms with Gasteiger partial charge in [-0.05, 0) is 62.2 Å². The van der Waals surface area contributed by atoms with E-state index >= 15 is 0 Å². The van der Waals surface area contributed by atoms with Crippen molar-refractivity contribution in [2.24, 2.45) is 0 Å². The number of carbonyl (C=O) groups is 1. The van der Waals surface area contributed by atoms with Crippen molar-refractivity contribution in [3.05, 3.63) is 59.1 Å². The van der Waals surface area contributed by atoms with Crippen LogP contribution in [0, 0.1) is 0 Å². The maximum atomic E-state index is 12.2. The zero-order chi connectivity index (χ0) is 20.6. The van der Waals surface area contributed by atoms with Gasteiger partial charge in [0.1, 0.15) is 5.75 Å². The molecule has 0 aromatic heterocycles. The number of rotatable bonds is 10. The molecule has 8 heteroatoms.